The van der Waals surface area contributed by atoms with Gasteiger partial charge in [-0.25, -0.2) is 4.79 Å². The van der Waals surface area contributed by atoms with E-state index in [2.05, 4.69) is 6.58 Å². The highest BCUT2D eigenvalue weighted by Gasteiger charge is 2.29. The number of hydrogen-bond acceptors (Lipinski definition) is 5. The van der Waals surface area contributed by atoms with Gasteiger partial charge in [0.15, 0.2) is 6.73 Å². The highest BCUT2D eigenvalue weighted by Crippen LogP contribution is 2.29. The van der Waals surface area contributed by atoms with Gasteiger partial charge in [0.05, 0.1) is 5.52 Å². The predicted octanol–water partition coefficient (Wildman–Crippen LogP) is 4.97. The molecule has 0 aliphatic carbocycles. The summed E-state index contributed by atoms with van der Waals surface area (Å²) in [4.78, 5) is 39.6. The van der Waals surface area contributed by atoms with Crippen molar-refractivity contribution in [3.63, 3.8) is 0 Å². The number of rotatable bonds is 7. The molecule has 2 aromatic rings. The number of unbranched alkanes of at least 4 members (excludes halogenated alkanes) is 1. The lowest BCUT2D eigenvalue weighted by Crippen LogP contribution is -2.42. The number of hydrogen-bond donors (Lipinski definition) is 0. The quantitative estimate of drug-likeness (QED) is 0.335. The van der Waals surface area contributed by atoms with Gasteiger partial charge in [-0.3, -0.25) is 14.2 Å². The molecule has 0 unspecified atom stereocenters. The number of esters is 1. The molecule has 3 rings (SSSR count). The maximum atomic E-state index is 13.4. The molecular weight excluding hydrogens is 420 g/mol. The van der Waals surface area contributed by atoms with Gasteiger partial charge in [0, 0.05) is 25.1 Å². The monoisotopic (exact) mass is 454 g/mol. The molecule has 0 saturated carbocycles. The van der Waals surface area contributed by atoms with Gasteiger partial charge in [-0.05, 0) is 69.9 Å². The predicted molar refractivity (Wildman–Crippen MR) is 128 cm³/mol. The molecule has 1 aromatic carbocycles. The van der Waals surface area contributed by atoms with E-state index >= 15 is 0 Å². The molecule has 0 radical (unpaired) electrons. The molecule has 2 heterocycles. The molecule has 0 spiro atoms. The number of piperidine rings is 1. The number of carbonyl (C=O) groups excluding carboxylic acids is 2. The van der Waals surface area contributed by atoms with Gasteiger partial charge < -0.3 is 14.4 Å². The van der Waals surface area contributed by atoms with E-state index in [4.69, 9.17) is 9.47 Å². The first-order valence-corrected chi connectivity index (χ1v) is 11.6. The van der Waals surface area contributed by atoms with Gasteiger partial charge in [0.2, 0.25) is 0 Å². The first kappa shape index (κ1) is 24.6. The maximum absolute atomic E-state index is 13.4. The Hall–Kier alpha value is -3.09. The minimum atomic E-state index is -0.539. The summed E-state index contributed by atoms with van der Waals surface area (Å²) >= 11 is 0. The van der Waals surface area contributed by atoms with Crippen molar-refractivity contribution in [1.82, 2.24) is 9.47 Å². The molecule has 178 valence electrons. The summed E-state index contributed by atoms with van der Waals surface area (Å²) in [7, 11) is 0. The van der Waals surface area contributed by atoms with E-state index in [1.165, 1.54) is 4.57 Å². The van der Waals surface area contributed by atoms with Crippen molar-refractivity contribution in [2.75, 3.05) is 13.1 Å². The number of pyridine rings is 1. The number of nitrogens with zero attached hydrogens (tertiary/aromatic N) is 2. The third-order valence-electron chi connectivity index (χ3n) is 5.76. The number of allylic oxidation sites excluding steroid dienone is 1. The van der Waals surface area contributed by atoms with E-state index in [0.717, 1.165) is 17.3 Å². The lowest BCUT2D eigenvalue weighted by molar-refractivity contribution is -0.147. The van der Waals surface area contributed by atoms with E-state index in [0.29, 0.717) is 44.3 Å². The second-order valence-corrected chi connectivity index (χ2v) is 9.46. The number of carbonyl (C=O) groups is 2. The van der Waals surface area contributed by atoms with Gasteiger partial charge in [-0.2, -0.15) is 0 Å². The standard InChI is InChI=1S/C26H34N2O5/c1-5-6-7-12-23(29)32-18-28-22-11-9-8-10-20(22)17-21(24(28)30)19-13-15-27(16-14-19)25(31)33-26(2,3)4/h5,8-11,17,19H,1,6-7,12-16,18H2,2-4H3. The Morgan fingerprint density at radius 2 is 1.88 bits per heavy atom. The average Bonchev–Trinajstić information content (AvgIpc) is 2.77. The zero-order valence-electron chi connectivity index (χ0n) is 19.8. The summed E-state index contributed by atoms with van der Waals surface area (Å²) < 4.78 is 12.4. The van der Waals surface area contributed by atoms with Gasteiger partial charge in [-0.15, -0.1) is 6.58 Å². The fraction of sp³-hybridized carbons (Fsp3) is 0.500. The fourth-order valence-corrected chi connectivity index (χ4v) is 4.07. The van der Waals surface area contributed by atoms with E-state index in [1.807, 2.05) is 51.1 Å². The van der Waals surface area contributed by atoms with Crippen LogP contribution in [0, 0.1) is 0 Å². The lowest BCUT2D eigenvalue weighted by atomic mass is 9.89. The van der Waals surface area contributed by atoms with Crippen LogP contribution in [0.25, 0.3) is 10.9 Å². The van der Waals surface area contributed by atoms with E-state index in [9.17, 15) is 14.4 Å². The molecule has 0 N–H and O–H groups in total. The van der Waals surface area contributed by atoms with Crippen LogP contribution in [0.4, 0.5) is 4.79 Å². The zero-order chi connectivity index (χ0) is 24.0. The van der Waals surface area contributed by atoms with Crippen LogP contribution in [0.1, 0.15) is 64.4 Å². The number of ether oxygens (including phenoxy) is 2. The molecule has 1 amide bonds. The van der Waals surface area contributed by atoms with Crippen LogP contribution < -0.4 is 5.56 Å². The minimum absolute atomic E-state index is 0.0235. The Kier molecular flexibility index (Phi) is 7.95. The zero-order valence-corrected chi connectivity index (χ0v) is 19.8. The molecule has 1 aliphatic heterocycles. The number of fused-ring (bicyclic) bond motifs is 1. The molecular formula is C26H34N2O5. The van der Waals surface area contributed by atoms with Gasteiger partial charge >= 0.3 is 12.1 Å². The van der Waals surface area contributed by atoms with Crippen molar-refractivity contribution >= 4 is 23.0 Å². The van der Waals surface area contributed by atoms with Crippen LogP contribution in [-0.4, -0.2) is 40.2 Å². The summed E-state index contributed by atoms with van der Waals surface area (Å²) in [5.41, 5.74) is 0.739. The van der Waals surface area contributed by atoms with Crippen LogP contribution in [-0.2, 0) is 21.0 Å². The second-order valence-electron chi connectivity index (χ2n) is 9.46. The Morgan fingerprint density at radius 3 is 2.55 bits per heavy atom. The van der Waals surface area contributed by atoms with Crippen molar-refractivity contribution in [3.8, 4) is 0 Å². The third kappa shape index (κ3) is 6.46. The SMILES string of the molecule is C=CCCCC(=O)OCn1c(=O)c(C2CCN(C(=O)OC(C)(C)C)CC2)cc2ccccc21. The van der Waals surface area contributed by atoms with Crippen LogP contribution in [0.5, 0.6) is 0 Å². The highest BCUT2D eigenvalue weighted by atomic mass is 16.6. The normalized spacial score (nSPS) is 14.8. The fourth-order valence-electron chi connectivity index (χ4n) is 4.07. The number of para-hydroxylation sites is 1. The summed E-state index contributed by atoms with van der Waals surface area (Å²) in [6.07, 6.45) is 4.51. The molecule has 33 heavy (non-hydrogen) atoms. The van der Waals surface area contributed by atoms with Crippen LogP contribution in [0.2, 0.25) is 0 Å². The average molecular weight is 455 g/mol. The van der Waals surface area contributed by atoms with Gasteiger partial charge in [-0.1, -0.05) is 24.3 Å². The summed E-state index contributed by atoms with van der Waals surface area (Å²) in [5.74, 6) is -0.306. The molecule has 0 bridgehead atoms. The van der Waals surface area contributed by atoms with Crippen molar-refractivity contribution < 1.29 is 19.1 Å². The molecule has 0 atom stereocenters. The lowest BCUT2D eigenvalue weighted by Gasteiger charge is -2.33. The molecule has 7 nitrogen and oxygen atoms in total. The van der Waals surface area contributed by atoms with Crippen molar-refractivity contribution in [2.24, 2.45) is 0 Å². The van der Waals surface area contributed by atoms with Crippen molar-refractivity contribution in [2.45, 2.75) is 71.1 Å². The van der Waals surface area contributed by atoms with Gasteiger partial charge in [0.1, 0.15) is 5.60 Å². The molecule has 1 aliphatic rings. The number of benzene rings is 1. The van der Waals surface area contributed by atoms with Gasteiger partial charge in [0.25, 0.3) is 5.56 Å². The summed E-state index contributed by atoms with van der Waals surface area (Å²) in [5, 5.41) is 0.921. The third-order valence-corrected chi connectivity index (χ3v) is 5.76. The number of aromatic nitrogens is 1. The Morgan fingerprint density at radius 1 is 1.18 bits per heavy atom. The Balaban J connectivity index is 1.77. The van der Waals surface area contributed by atoms with Crippen molar-refractivity contribution in [1.29, 1.82) is 0 Å². The summed E-state index contributed by atoms with van der Waals surface area (Å²) in [6.45, 7) is 10.2. The largest absolute Gasteiger partial charge is 0.444 e. The Bertz CT molecular complexity index is 1060. The smallest absolute Gasteiger partial charge is 0.410 e. The highest BCUT2D eigenvalue weighted by molar-refractivity contribution is 5.80. The Labute approximate surface area is 195 Å². The molecule has 1 fully saturated rings. The topological polar surface area (TPSA) is 77.8 Å². The van der Waals surface area contributed by atoms with Crippen LogP contribution in [0.3, 0.4) is 0 Å². The van der Waals surface area contributed by atoms with E-state index < -0.39 is 5.60 Å². The molecule has 1 saturated heterocycles. The van der Waals surface area contributed by atoms with E-state index in [1.54, 1.807) is 11.0 Å². The maximum Gasteiger partial charge on any atom is 0.410 e. The first-order valence-electron chi connectivity index (χ1n) is 11.6. The van der Waals surface area contributed by atoms with E-state index in [-0.39, 0.29) is 30.3 Å². The van der Waals surface area contributed by atoms with Crippen LogP contribution in [0.15, 0.2) is 47.8 Å². The molecule has 1 aromatic heterocycles. The second kappa shape index (κ2) is 10.7. The number of amides is 1. The van der Waals surface area contributed by atoms with Crippen LogP contribution >= 0.6 is 0 Å². The minimum Gasteiger partial charge on any atom is -0.444 e. The molecule has 7 heteroatoms. The first-order chi connectivity index (χ1) is 15.7. The summed E-state index contributed by atoms with van der Waals surface area (Å²) in [6, 6.07) is 9.54. The van der Waals surface area contributed by atoms with Crippen molar-refractivity contribution in [3.05, 3.63) is 58.9 Å². The number of likely N-dealkylation sites (tertiary alicyclic amines) is 1.